The standard InChI is InChI=1S/C8H14N2/c1-2-9-8-6-10-4-3-7(8)5-10/h7H,2-6H2,1H3. The van der Waals surface area contributed by atoms with Crippen LogP contribution in [-0.2, 0) is 0 Å². The van der Waals surface area contributed by atoms with Crippen molar-refractivity contribution >= 4 is 5.71 Å². The van der Waals surface area contributed by atoms with E-state index in [-0.39, 0.29) is 0 Å². The highest BCUT2D eigenvalue weighted by atomic mass is 15.2. The van der Waals surface area contributed by atoms with Gasteiger partial charge in [0.15, 0.2) is 0 Å². The number of piperidine rings is 1. The lowest BCUT2D eigenvalue weighted by molar-refractivity contribution is 0.403. The summed E-state index contributed by atoms with van der Waals surface area (Å²) < 4.78 is 0. The van der Waals surface area contributed by atoms with Crippen LogP contribution in [0.2, 0.25) is 0 Å². The molecule has 0 aliphatic carbocycles. The third-order valence-corrected chi connectivity index (χ3v) is 2.49. The maximum atomic E-state index is 4.48. The van der Waals surface area contributed by atoms with E-state index in [1.54, 1.807) is 0 Å². The summed E-state index contributed by atoms with van der Waals surface area (Å²) in [6, 6.07) is 0. The summed E-state index contributed by atoms with van der Waals surface area (Å²) in [5.74, 6) is 0.833. The fourth-order valence-corrected chi connectivity index (χ4v) is 1.99. The lowest BCUT2D eigenvalue weighted by Crippen LogP contribution is -2.23. The van der Waals surface area contributed by atoms with Crippen LogP contribution in [0.1, 0.15) is 13.3 Å². The summed E-state index contributed by atoms with van der Waals surface area (Å²) in [4.78, 5) is 6.98. The lowest BCUT2D eigenvalue weighted by Gasteiger charge is -2.12. The predicted octanol–water partition coefficient (Wildman–Crippen LogP) is 0.783. The first-order valence-electron chi connectivity index (χ1n) is 4.15. The number of rotatable bonds is 1. The van der Waals surface area contributed by atoms with Crippen LogP contribution in [0, 0.1) is 5.92 Å². The molecule has 2 unspecified atom stereocenters. The molecule has 2 rings (SSSR count). The van der Waals surface area contributed by atoms with Crippen molar-refractivity contribution in [2.75, 3.05) is 26.2 Å². The molecule has 2 saturated heterocycles. The van der Waals surface area contributed by atoms with Crippen molar-refractivity contribution in [1.29, 1.82) is 0 Å². The molecule has 2 heteroatoms. The molecule has 2 atom stereocenters. The predicted molar refractivity (Wildman–Crippen MR) is 42.5 cm³/mol. The zero-order valence-corrected chi connectivity index (χ0v) is 6.51. The third kappa shape index (κ3) is 0.870. The molecule has 2 aliphatic rings. The Morgan fingerprint density at radius 2 is 2.60 bits per heavy atom. The fraction of sp³-hybridized carbons (Fsp3) is 0.875. The average Bonchev–Trinajstić information content (AvgIpc) is 2.48. The van der Waals surface area contributed by atoms with Crippen molar-refractivity contribution in [3.8, 4) is 0 Å². The molecule has 2 fully saturated rings. The molecule has 56 valence electrons. The van der Waals surface area contributed by atoms with Crippen LogP contribution >= 0.6 is 0 Å². The third-order valence-electron chi connectivity index (χ3n) is 2.49. The number of fused-ring (bicyclic) bond motifs is 2. The largest absolute Gasteiger partial charge is 0.297 e. The Bertz CT molecular complexity index is 163. The molecule has 2 nitrogen and oxygen atoms in total. The second kappa shape index (κ2) is 2.35. The van der Waals surface area contributed by atoms with Gasteiger partial charge in [0.05, 0.1) is 0 Å². The zero-order valence-electron chi connectivity index (χ0n) is 6.51. The first-order valence-corrected chi connectivity index (χ1v) is 4.15. The Hall–Kier alpha value is -0.370. The molecule has 2 bridgehead atoms. The minimum absolute atomic E-state index is 0.833. The molecule has 0 aromatic heterocycles. The van der Waals surface area contributed by atoms with E-state index in [9.17, 15) is 0 Å². The van der Waals surface area contributed by atoms with Crippen LogP contribution in [0.5, 0.6) is 0 Å². The number of aliphatic imine (C=N–C) groups is 1. The van der Waals surface area contributed by atoms with E-state index in [1.807, 2.05) is 0 Å². The van der Waals surface area contributed by atoms with Crippen LogP contribution in [0.3, 0.4) is 0 Å². The summed E-state index contributed by atoms with van der Waals surface area (Å²) in [6.07, 6.45) is 1.36. The van der Waals surface area contributed by atoms with Crippen LogP contribution < -0.4 is 0 Å². The SMILES string of the molecule is CCN=C1CN2CCC1C2. The average molecular weight is 138 g/mol. The Morgan fingerprint density at radius 3 is 3.10 bits per heavy atom. The minimum Gasteiger partial charge on any atom is -0.297 e. The molecule has 0 aromatic rings. The number of nitrogens with zero attached hydrogens (tertiary/aromatic N) is 2. The second-order valence-corrected chi connectivity index (χ2v) is 3.19. The van der Waals surface area contributed by atoms with Gasteiger partial charge < -0.3 is 0 Å². The van der Waals surface area contributed by atoms with E-state index in [4.69, 9.17) is 0 Å². The van der Waals surface area contributed by atoms with Crippen molar-refractivity contribution in [3.05, 3.63) is 0 Å². The van der Waals surface area contributed by atoms with Crippen molar-refractivity contribution in [1.82, 2.24) is 4.90 Å². The summed E-state index contributed by atoms with van der Waals surface area (Å²) in [5.41, 5.74) is 1.47. The van der Waals surface area contributed by atoms with Gasteiger partial charge in [-0.15, -0.1) is 0 Å². The first kappa shape index (κ1) is 6.35. The number of hydrogen-bond donors (Lipinski definition) is 0. The van der Waals surface area contributed by atoms with Gasteiger partial charge in [-0.3, -0.25) is 9.89 Å². The number of hydrogen-bond acceptors (Lipinski definition) is 2. The van der Waals surface area contributed by atoms with Gasteiger partial charge in [0.2, 0.25) is 0 Å². The van der Waals surface area contributed by atoms with Gasteiger partial charge in [0.25, 0.3) is 0 Å². The van der Waals surface area contributed by atoms with Crippen molar-refractivity contribution in [2.24, 2.45) is 10.9 Å². The first-order chi connectivity index (χ1) is 4.90. The van der Waals surface area contributed by atoms with Crippen LogP contribution in [0.25, 0.3) is 0 Å². The van der Waals surface area contributed by atoms with Gasteiger partial charge in [-0.2, -0.15) is 0 Å². The van der Waals surface area contributed by atoms with Crippen LogP contribution in [0.15, 0.2) is 4.99 Å². The van der Waals surface area contributed by atoms with Crippen LogP contribution in [-0.4, -0.2) is 36.8 Å². The van der Waals surface area contributed by atoms with Crippen molar-refractivity contribution < 1.29 is 0 Å². The van der Waals surface area contributed by atoms with Crippen LogP contribution in [0.4, 0.5) is 0 Å². The minimum atomic E-state index is 0.833. The lowest BCUT2D eigenvalue weighted by atomic mass is 10.0. The highest BCUT2D eigenvalue weighted by molar-refractivity contribution is 5.91. The summed E-state index contributed by atoms with van der Waals surface area (Å²) >= 11 is 0. The molecule has 0 saturated carbocycles. The topological polar surface area (TPSA) is 15.6 Å². The molecular weight excluding hydrogens is 124 g/mol. The summed E-state index contributed by atoms with van der Waals surface area (Å²) in [7, 11) is 0. The van der Waals surface area contributed by atoms with Gasteiger partial charge in [-0.25, -0.2) is 0 Å². The Labute approximate surface area is 61.9 Å². The maximum absolute atomic E-state index is 4.48. The van der Waals surface area contributed by atoms with Gasteiger partial charge in [-0.05, 0) is 19.9 Å². The highest BCUT2D eigenvalue weighted by Gasteiger charge is 2.34. The van der Waals surface area contributed by atoms with E-state index >= 15 is 0 Å². The van der Waals surface area contributed by atoms with Crippen molar-refractivity contribution in [3.63, 3.8) is 0 Å². The summed E-state index contributed by atoms with van der Waals surface area (Å²) in [5, 5.41) is 0. The molecular formula is C8H14N2. The van der Waals surface area contributed by atoms with Gasteiger partial charge >= 0.3 is 0 Å². The molecule has 0 radical (unpaired) electrons. The van der Waals surface area contributed by atoms with E-state index in [0.29, 0.717) is 0 Å². The van der Waals surface area contributed by atoms with Gasteiger partial charge in [0.1, 0.15) is 0 Å². The van der Waals surface area contributed by atoms with Gasteiger partial charge in [0, 0.05) is 31.3 Å². The van der Waals surface area contributed by atoms with E-state index in [1.165, 1.54) is 31.8 Å². The van der Waals surface area contributed by atoms with E-state index < -0.39 is 0 Å². The van der Waals surface area contributed by atoms with Gasteiger partial charge in [-0.1, -0.05) is 0 Å². The van der Waals surface area contributed by atoms with E-state index in [0.717, 1.165) is 12.5 Å². The summed E-state index contributed by atoms with van der Waals surface area (Å²) in [6.45, 7) is 6.86. The fourth-order valence-electron chi connectivity index (χ4n) is 1.99. The quantitative estimate of drug-likeness (QED) is 0.523. The maximum Gasteiger partial charge on any atom is 0.0367 e. The monoisotopic (exact) mass is 138 g/mol. The Kier molecular flexibility index (Phi) is 1.49. The Morgan fingerprint density at radius 1 is 1.70 bits per heavy atom. The molecule has 10 heavy (non-hydrogen) atoms. The smallest absolute Gasteiger partial charge is 0.0367 e. The molecule has 0 aromatic carbocycles. The normalized spacial score (nSPS) is 41.5. The molecule has 0 amide bonds. The molecule has 0 N–H and O–H groups in total. The zero-order chi connectivity index (χ0) is 6.97. The van der Waals surface area contributed by atoms with E-state index in [2.05, 4.69) is 16.8 Å². The molecule has 2 heterocycles. The molecule has 0 spiro atoms. The Balaban J connectivity index is 2.08. The van der Waals surface area contributed by atoms with Crippen molar-refractivity contribution in [2.45, 2.75) is 13.3 Å². The highest BCUT2D eigenvalue weighted by Crippen LogP contribution is 2.25. The molecule has 2 aliphatic heterocycles. The second-order valence-electron chi connectivity index (χ2n) is 3.19.